The Morgan fingerprint density at radius 2 is 1.67 bits per heavy atom. The molecule has 1 amide bonds. The lowest BCUT2D eigenvalue weighted by atomic mass is 10.1. The van der Waals surface area contributed by atoms with Crippen LogP contribution in [0.5, 0.6) is 0 Å². The molecule has 1 aliphatic heterocycles. The number of piperazine rings is 1. The summed E-state index contributed by atoms with van der Waals surface area (Å²) in [6.07, 6.45) is 0. The largest absolute Gasteiger partial charge is 0.370 e. The van der Waals surface area contributed by atoms with E-state index >= 15 is 0 Å². The minimum Gasteiger partial charge on any atom is -0.370 e. The number of rotatable bonds is 2. The van der Waals surface area contributed by atoms with Gasteiger partial charge in [0.2, 0.25) is 5.91 Å². The molecule has 0 aliphatic carbocycles. The molecule has 1 fully saturated rings. The quantitative estimate of drug-likeness (QED) is 0.629. The number of carbonyl (C=O) groups is 1. The van der Waals surface area contributed by atoms with Crippen molar-refractivity contribution in [1.82, 2.24) is 4.90 Å². The molecule has 0 unspecified atom stereocenters. The Morgan fingerprint density at radius 3 is 2.10 bits per heavy atom. The van der Waals surface area contributed by atoms with Gasteiger partial charge >= 0.3 is 0 Å². The Hall–Kier alpha value is -2.24. The number of amides is 1. The minimum atomic E-state index is 0.0556. The Morgan fingerprint density at radius 1 is 1.14 bits per heavy atom. The van der Waals surface area contributed by atoms with E-state index in [2.05, 4.69) is 23.7 Å². The van der Waals surface area contributed by atoms with Crippen molar-refractivity contribution in [3.05, 3.63) is 24.3 Å². The second-order valence-electron chi connectivity index (χ2n) is 5.58. The minimum absolute atomic E-state index is 0.0556. The van der Waals surface area contributed by atoms with E-state index in [0.717, 1.165) is 24.5 Å². The molecule has 2 rings (SSSR count). The first kappa shape index (κ1) is 15.2. The first-order valence-corrected chi connectivity index (χ1v) is 7.12. The highest BCUT2D eigenvalue weighted by Crippen LogP contribution is 2.24. The normalized spacial score (nSPS) is 22.0. The summed E-state index contributed by atoms with van der Waals surface area (Å²) in [6.45, 7) is 7.44. The number of carbonyl (C=O) groups excluding carboxylic acids is 1. The first-order chi connectivity index (χ1) is 9.88. The van der Waals surface area contributed by atoms with Crippen LogP contribution in [-0.4, -0.2) is 41.9 Å². The van der Waals surface area contributed by atoms with Gasteiger partial charge in [0.1, 0.15) is 0 Å². The molecular weight excluding hydrogens is 266 g/mol. The molecule has 2 atom stereocenters. The van der Waals surface area contributed by atoms with Crippen molar-refractivity contribution < 1.29 is 4.79 Å². The molecule has 1 aromatic rings. The third-order valence-electron chi connectivity index (χ3n) is 3.76. The van der Waals surface area contributed by atoms with Crippen molar-refractivity contribution in [1.29, 1.82) is 0 Å². The van der Waals surface area contributed by atoms with Gasteiger partial charge in [-0.3, -0.25) is 4.79 Å². The molecule has 1 saturated heterocycles. The summed E-state index contributed by atoms with van der Waals surface area (Å²) < 4.78 is 0. The summed E-state index contributed by atoms with van der Waals surface area (Å²) in [7, 11) is 0. The number of hydrogen-bond donors (Lipinski definition) is 2. The van der Waals surface area contributed by atoms with E-state index in [4.69, 9.17) is 11.5 Å². The lowest BCUT2D eigenvalue weighted by Gasteiger charge is -2.45. The van der Waals surface area contributed by atoms with Crippen molar-refractivity contribution in [2.45, 2.75) is 32.9 Å². The summed E-state index contributed by atoms with van der Waals surface area (Å²) in [5, 5.41) is 0. The topological polar surface area (TPSA) is 88.0 Å². The lowest BCUT2D eigenvalue weighted by Crippen LogP contribution is -2.58. The summed E-state index contributed by atoms with van der Waals surface area (Å²) in [5.41, 5.74) is 12.6. The SMILES string of the molecule is CC(=O)N1[C@H](C)CN(c2ccc(N=C(N)N)cc2)C[C@@H]1C. The van der Waals surface area contributed by atoms with E-state index in [1.807, 2.05) is 29.2 Å². The van der Waals surface area contributed by atoms with E-state index < -0.39 is 0 Å². The van der Waals surface area contributed by atoms with Crippen LogP contribution in [0.4, 0.5) is 11.4 Å². The molecule has 1 heterocycles. The molecule has 0 bridgehead atoms. The predicted molar refractivity (Wildman–Crippen MR) is 85.6 cm³/mol. The fourth-order valence-corrected chi connectivity index (χ4v) is 3.04. The molecule has 0 aromatic heterocycles. The van der Waals surface area contributed by atoms with Crippen LogP contribution < -0.4 is 16.4 Å². The molecule has 1 aromatic carbocycles. The van der Waals surface area contributed by atoms with Crippen LogP contribution in [0, 0.1) is 0 Å². The number of hydrogen-bond acceptors (Lipinski definition) is 3. The Labute approximate surface area is 125 Å². The zero-order valence-corrected chi connectivity index (χ0v) is 12.8. The number of nitrogens with two attached hydrogens (primary N) is 2. The monoisotopic (exact) mass is 289 g/mol. The number of benzene rings is 1. The van der Waals surface area contributed by atoms with Gasteiger partial charge in [0.05, 0.1) is 5.69 Å². The summed E-state index contributed by atoms with van der Waals surface area (Å²) in [6, 6.07) is 8.19. The van der Waals surface area contributed by atoms with Crippen LogP contribution in [0.1, 0.15) is 20.8 Å². The molecule has 0 spiro atoms. The molecule has 21 heavy (non-hydrogen) atoms. The van der Waals surface area contributed by atoms with Gasteiger partial charge in [0.15, 0.2) is 5.96 Å². The molecule has 0 saturated carbocycles. The Balaban J connectivity index is 2.13. The van der Waals surface area contributed by atoms with Gasteiger partial charge in [-0.25, -0.2) is 4.99 Å². The van der Waals surface area contributed by atoms with Gasteiger partial charge in [-0.2, -0.15) is 0 Å². The fourth-order valence-electron chi connectivity index (χ4n) is 3.04. The van der Waals surface area contributed by atoms with Crippen molar-refractivity contribution in [3.63, 3.8) is 0 Å². The second kappa shape index (κ2) is 6.03. The summed E-state index contributed by atoms with van der Waals surface area (Å²) in [5.74, 6) is 0.192. The second-order valence-corrected chi connectivity index (χ2v) is 5.58. The van der Waals surface area contributed by atoms with Crippen molar-refractivity contribution in [2.75, 3.05) is 18.0 Å². The average Bonchev–Trinajstić information content (AvgIpc) is 2.37. The molecule has 6 nitrogen and oxygen atoms in total. The molecule has 4 N–H and O–H groups in total. The zero-order valence-electron chi connectivity index (χ0n) is 12.8. The van der Waals surface area contributed by atoms with Gasteiger partial charge in [0, 0.05) is 37.8 Å². The van der Waals surface area contributed by atoms with E-state index in [0.29, 0.717) is 0 Å². The highest BCUT2D eigenvalue weighted by atomic mass is 16.2. The number of nitrogens with zero attached hydrogens (tertiary/aromatic N) is 3. The van der Waals surface area contributed by atoms with Gasteiger partial charge in [-0.1, -0.05) is 0 Å². The predicted octanol–water partition coefficient (Wildman–Crippen LogP) is 1.04. The highest BCUT2D eigenvalue weighted by molar-refractivity contribution is 5.79. The number of anilines is 1. The Bertz CT molecular complexity index is 523. The molecule has 6 heteroatoms. The van der Waals surface area contributed by atoms with Crippen LogP contribution in [0.2, 0.25) is 0 Å². The molecule has 0 radical (unpaired) electrons. The molecular formula is C15H23N5O. The van der Waals surface area contributed by atoms with Crippen molar-refractivity contribution >= 4 is 23.2 Å². The molecule has 114 valence electrons. The maximum Gasteiger partial charge on any atom is 0.220 e. The van der Waals surface area contributed by atoms with Gasteiger partial charge in [-0.15, -0.1) is 0 Å². The zero-order chi connectivity index (χ0) is 15.6. The van der Waals surface area contributed by atoms with Gasteiger partial charge in [-0.05, 0) is 38.1 Å². The number of aliphatic imine (C=N–C) groups is 1. The first-order valence-electron chi connectivity index (χ1n) is 7.12. The maximum atomic E-state index is 11.7. The van der Waals surface area contributed by atoms with Gasteiger partial charge < -0.3 is 21.3 Å². The third-order valence-corrected chi connectivity index (χ3v) is 3.76. The third kappa shape index (κ3) is 3.45. The standard InChI is InChI=1S/C15H23N5O/c1-10-8-19(9-11(2)20(10)12(3)21)14-6-4-13(5-7-14)18-15(16)17/h4-7,10-11H,8-9H2,1-3H3,(H4,16,17,18)/t10-,11+. The maximum absolute atomic E-state index is 11.7. The Kier molecular flexibility index (Phi) is 4.35. The fraction of sp³-hybridized carbons (Fsp3) is 0.467. The lowest BCUT2D eigenvalue weighted by molar-refractivity contribution is -0.133. The van der Waals surface area contributed by atoms with E-state index in [1.165, 1.54) is 0 Å². The highest BCUT2D eigenvalue weighted by Gasteiger charge is 2.30. The van der Waals surface area contributed by atoms with Crippen LogP contribution in [0.15, 0.2) is 29.3 Å². The van der Waals surface area contributed by atoms with Crippen LogP contribution >= 0.6 is 0 Å². The van der Waals surface area contributed by atoms with E-state index in [9.17, 15) is 4.79 Å². The molecule has 1 aliphatic rings. The summed E-state index contributed by atoms with van der Waals surface area (Å²) in [4.78, 5) is 19.9. The number of guanidine groups is 1. The smallest absolute Gasteiger partial charge is 0.220 e. The van der Waals surface area contributed by atoms with Gasteiger partial charge in [0.25, 0.3) is 0 Å². The van der Waals surface area contributed by atoms with E-state index in [-0.39, 0.29) is 24.0 Å². The van der Waals surface area contributed by atoms with E-state index in [1.54, 1.807) is 6.92 Å². The van der Waals surface area contributed by atoms with Crippen LogP contribution in [-0.2, 0) is 4.79 Å². The van der Waals surface area contributed by atoms with Crippen LogP contribution in [0.3, 0.4) is 0 Å². The average molecular weight is 289 g/mol. The van der Waals surface area contributed by atoms with Crippen molar-refractivity contribution in [3.8, 4) is 0 Å². The van der Waals surface area contributed by atoms with Crippen LogP contribution in [0.25, 0.3) is 0 Å². The van der Waals surface area contributed by atoms with Crippen molar-refractivity contribution in [2.24, 2.45) is 16.5 Å². The summed E-state index contributed by atoms with van der Waals surface area (Å²) >= 11 is 0.